The fourth-order valence-corrected chi connectivity index (χ4v) is 4.12. The van der Waals surface area contributed by atoms with Crippen LogP contribution in [0.3, 0.4) is 0 Å². The first-order valence-corrected chi connectivity index (χ1v) is 10.9. The Morgan fingerprint density at radius 1 is 0.900 bits per heavy atom. The predicted octanol–water partition coefficient (Wildman–Crippen LogP) is 2.47. The molecule has 3 N–H and O–H groups in total. The van der Waals surface area contributed by atoms with Crippen molar-refractivity contribution in [3.05, 3.63) is 65.2 Å². The summed E-state index contributed by atoms with van der Waals surface area (Å²) in [6.45, 7) is 8.26. The second-order valence-electron chi connectivity index (χ2n) is 6.44. The number of aryl methyl sites for hydroxylation is 1. The fourth-order valence-electron chi connectivity index (χ4n) is 2.67. The van der Waals surface area contributed by atoms with E-state index in [-0.39, 0.29) is 0 Å². The zero-order chi connectivity index (χ0) is 22.7. The molecule has 0 radical (unpaired) electrons. The van der Waals surface area contributed by atoms with Crippen LogP contribution < -0.4 is 5.32 Å². The molecule has 0 fully saturated rings. The highest BCUT2D eigenvalue weighted by Crippen LogP contribution is 2.16. The van der Waals surface area contributed by atoms with Crippen LogP contribution in [0, 0.1) is 6.92 Å². The van der Waals surface area contributed by atoms with E-state index in [0.29, 0.717) is 24.5 Å². The van der Waals surface area contributed by atoms with Crippen molar-refractivity contribution < 1.29 is 28.2 Å². The molecule has 0 aliphatic heterocycles. The van der Waals surface area contributed by atoms with Gasteiger partial charge in [-0.3, -0.25) is 0 Å². The van der Waals surface area contributed by atoms with Gasteiger partial charge in [-0.25, -0.2) is 18.0 Å². The standard InChI is InChI=1S/C19H26N2O2S.C2H2O4/c1-4-21(5-2)24(22,23)19-11-9-17(10-12-19)14-20-15-18-8-6-7-16(3)13-18;3-1(4)2(5)6/h6-13,20H,4-5,14-15H2,1-3H3;(H,3,4)(H,5,6). The smallest absolute Gasteiger partial charge is 0.414 e. The summed E-state index contributed by atoms with van der Waals surface area (Å²) >= 11 is 0. The molecule has 0 spiro atoms. The van der Waals surface area contributed by atoms with E-state index in [1.165, 1.54) is 15.4 Å². The number of hydrogen-bond donors (Lipinski definition) is 3. The maximum absolute atomic E-state index is 12.4. The lowest BCUT2D eigenvalue weighted by Gasteiger charge is -2.18. The SMILES string of the molecule is CCN(CC)S(=O)(=O)c1ccc(CNCc2cccc(C)c2)cc1.O=C(O)C(=O)O. The number of sulfonamides is 1. The monoisotopic (exact) mass is 436 g/mol. The molecule has 0 aromatic heterocycles. The van der Waals surface area contributed by atoms with Crippen molar-refractivity contribution in [1.82, 2.24) is 9.62 Å². The van der Waals surface area contributed by atoms with Crippen LogP contribution in [-0.2, 0) is 32.7 Å². The molecule has 0 saturated carbocycles. The third-order valence-corrected chi connectivity index (χ3v) is 6.25. The molecule has 8 nitrogen and oxygen atoms in total. The largest absolute Gasteiger partial charge is 0.473 e. The number of carboxylic acids is 2. The third kappa shape index (κ3) is 7.94. The van der Waals surface area contributed by atoms with Gasteiger partial charge in [0.05, 0.1) is 4.90 Å². The fraction of sp³-hybridized carbons (Fsp3) is 0.333. The summed E-state index contributed by atoms with van der Waals surface area (Å²) in [6, 6.07) is 15.5. The van der Waals surface area contributed by atoms with Gasteiger partial charge in [0.1, 0.15) is 0 Å². The van der Waals surface area contributed by atoms with Gasteiger partial charge in [-0.15, -0.1) is 0 Å². The van der Waals surface area contributed by atoms with Crippen molar-refractivity contribution in [2.45, 2.75) is 38.8 Å². The van der Waals surface area contributed by atoms with Crippen molar-refractivity contribution >= 4 is 22.0 Å². The minimum Gasteiger partial charge on any atom is -0.473 e. The van der Waals surface area contributed by atoms with Crippen LogP contribution in [0.4, 0.5) is 0 Å². The second-order valence-corrected chi connectivity index (χ2v) is 8.37. The molecule has 0 aliphatic carbocycles. The van der Waals surface area contributed by atoms with Crippen molar-refractivity contribution in [3.63, 3.8) is 0 Å². The Kier molecular flexibility index (Phi) is 10.2. The molecule has 2 aromatic rings. The lowest BCUT2D eigenvalue weighted by molar-refractivity contribution is -0.159. The highest BCUT2D eigenvalue weighted by molar-refractivity contribution is 7.89. The Morgan fingerprint density at radius 2 is 1.43 bits per heavy atom. The molecule has 2 rings (SSSR count). The Labute approximate surface area is 177 Å². The molecule has 164 valence electrons. The number of benzene rings is 2. The van der Waals surface area contributed by atoms with Gasteiger partial charge in [0.15, 0.2) is 0 Å². The van der Waals surface area contributed by atoms with Gasteiger partial charge < -0.3 is 15.5 Å². The van der Waals surface area contributed by atoms with Gasteiger partial charge in [-0.2, -0.15) is 4.31 Å². The number of carboxylic acid groups (broad SMARTS) is 2. The van der Waals surface area contributed by atoms with Crippen LogP contribution in [0.2, 0.25) is 0 Å². The zero-order valence-corrected chi connectivity index (χ0v) is 18.1. The highest BCUT2D eigenvalue weighted by Gasteiger charge is 2.20. The van der Waals surface area contributed by atoms with Crippen LogP contribution in [0.15, 0.2) is 53.4 Å². The van der Waals surface area contributed by atoms with Crippen LogP contribution in [0.1, 0.15) is 30.5 Å². The second kappa shape index (κ2) is 12.1. The summed E-state index contributed by atoms with van der Waals surface area (Å²) in [5.41, 5.74) is 3.57. The van der Waals surface area contributed by atoms with Crippen molar-refractivity contribution in [1.29, 1.82) is 0 Å². The Hall–Kier alpha value is -2.75. The molecule has 0 amide bonds. The molecule has 30 heavy (non-hydrogen) atoms. The maximum atomic E-state index is 12.4. The molecule has 0 heterocycles. The molecule has 0 unspecified atom stereocenters. The number of rotatable bonds is 8. The summed E-state index contributed by atoms with van der Waals surface area (Å²) in [7, 11) is -3.37. The quantitative estimate of drug-likeness (QED) is 0.543. The predicted molar refractivity (Wildman–Crippen MR) is 114 cm³/mol. The van der Waals surface area contributed by atoms with E-state index in [1.807, 2.05) is 26.0 Å². The lowest BCUT2D eigenvalue weighted by atomic mass is 10.1. The van der Waals surface area contributed by atoms with E-state index in [1.54, 1.807) is 12.1 Å². The molecule has 0 aliphatic rings. The van der Waals surface area contributed by atoms with E-state index < -0.39 is 22.0 Å². The van der Waals surface area contributed by atoms with Crippen LogP contribution in [-0.4, -0.2) is 48.0 Å². The zero-order valence-electron chi connectivity index (χ0n) is 17.3. The van der Waals surface area contributed by atoms with Gasteiger partial charge >= 0.3 is 11.9 Å². The van der Waals surface area contributed by atoms with Crippen LogP contribution >= 0.6 is 0 Å². The number of nitrogens with one attached hydrogen (secondary N) is 1. The summed E-state index contributed by atoms with van der Waals surface area (Å²) in [6.07, 6.45) is 0. The lowest BCUT2D eigenvalue weighted by Crippen LogP contribution is -2.30. The summed E-state index contributed by atoms with van der Waals surface area (Å²) in [4.78, 5) is 18.6. The first-order valence-electron chi connectivity index (χ1n) is 9.43. The first kappa shape index (κ1) is 25.3. The Morgan fingerprint density at radius 3 is 1.90 bits per heavy atom. The Balaban J connectivity index is 0.000000656. The molecule has 0 atom stereocenters. The number of hydrogen-bond acceptors (Lipinski definition) is 5. The molecule has 0 saturated heterocycles. The number of nitrogens with zero attached hydrogens (tertiary/aromatic N) is 1. The van der Waals surface area contributed by atoms with Crippen molar-refractivity contribution in [2.24, 2.45) is 0 Å². The average Bonchev–Trinajstić information content (AvgIpc) is 2.69. The number of aliphatic carboxylic acids is 2. The van der Waals surface area contributed by atoms with Crippen molar-refractivity contribution in [3.8, 4) is 0 Å². The summed E-state index contributed by atoms with van der Waals surface area (Å²) < 4.78 is 26.4. The first-order chi connectivity index (χ1) is 14.1. The molecular formula is C21H28N2O6S. The van der Waals surface area contributed by atoms with Crippen LogP contribution in [0.5, 0.6) is 0 Å². The van der Waals surface area contributed by atoms with E-state index in [9.17, 15) is 8.42 Å². The highest BCUT2D eigenvalue weighted by atomic mass is 32.2. The van der Waals surface area contributed by atoms with Gasteiger partial charge in [-0.1, -0.05) is 55.8 Å². The molecule has 2 aromatic carbocycles. The van der Waals surface area contributed by atoms with E-state index in [0.717, 1.165) is 12.1 Å². The number of carbonyl (C=O) groups is 2. The summed E-state index contributed by atoms with van der Waals surface area (Å²) in [5, 5.41) is 18.2. The van der Waals surface area contributed by atoms with Gasteiger partial charge in [0.2, 0.25) is 10.0 Å². The molecular weight excluding hydrogens is 408 g/mol. The minimum atomic E-state index is -3.37. The van der Waals surface area contributed by atoms with Gasteiger partial charge in [0, 0.05) is 26.2 Å². The normalized spacial score (nSPS) is 10.9. The topological polar surface area (TPSA) is 124 Å². The van der Waals surface area contributed by atoms with Gasteiger partial charge in [-0.05, 0) is 30.2 Å². The van der Waals surface area contributed by atoms with Crippen molar-refractivity contribution in [2.75, 3.05) is 13.1 Å². The van der Waals surface area contributed by atoms with E-state index in [4.69, 9.17) is 19.8 Å². The average molecular weight is 437 g/mol. The van der Waals surface area contributed by atoms with E-state index >= 15 is 0 Å². The molecule has 9 heteroatoms. The maximum Gasteiger partial charge on any atom is 0.414 e. The van der Waals surface area contributed by atoms with E-state index in [2.05, 4.69) is 36.5 Å². The van der Waals surface area contributed by atoms with Gasteiger partial charge in [0.25, 0.3) is 0 Å². The molecule has 0 bridgehead atoms. The van der Waals surface area contributed by atoms with Crippen LogP contribution in [0.25, 0.3) is 0 Å². The minimum absolute atomic E-state index is 0.355. The third-order valence-electron chi connectivity index (χ3n) is 4.19. The Bertz CT molecular complexity index is 926. The summed E-state index contributed by atoms with van der Waals surface area (Å²) in [5.74, 6) is -3.65.